The normalized spacial score (nSPS) is 10.8. The third-order valence-electron chi connectivity index (χ3n) is 3.23. The van der Waals surface area contributed by atoms with Gasteiger partial charge in [-0.25, -0.2) is 9.18 Å². The molecular weight excluding hydrogens is 271 g/mol. The molecule has 0 amide bonds. The minimum absolute atomic E-state index is 0.0369. The number of aromatic nitrogens is 2. The minimum Gasteiger partial charge on any atom is -0.478 e. The van der Waals surface area contributed by atoms with Gasteiger partial charge < -0.3 is 5.11 Å². The average Bonchev–Trinajstić information content (AvgIpc) is 2.45. The van der Waals surface area contributed by atoms with Crippen molar-refractivity contribution in [2.75, 3.05) is 0 Å². The van der Waals surface area contributed by atoms with Crippen molar-refractivity contribution in [3.05, 3.63) is 59.4 Å². The summed E-state index contributed by atoms with van der Waals surface area (Å²) in [5, 5.41) is 17.7. The number of hydrogen-bond acceptors (Lipinski definition) is 3. The van der Waals surface area contributed by atoms with Crippen LogP contribution >= 0.6 is 0 Å². The summed E-state index contributed by atoms with van der Waals surface area (Å²) in [6.45, 7) is 1.90. The summed E-state index contributed by atoms with van der Waals surface area (Å²) in [4.78, 5) is 11.6. The van der Waals surface area contributed by atoms with Gasteiger partial charge in [0.15, 0.2) is 0 Å². The molecule has 4 nitrogen and oxygen atoms in total. The first kappa shape index (κ1) is 13.2. The predicted octanol–water partition coefficient (Wildman–Crippen LogP) is 3.44. The maximum absolute atomic E-state index is 13.4. The van der Waals surface area contributed by atoms with Gasteiger partial charge in [-0.3, -0.25) is 0 Å². The van der Waals surface area contributed by atoms with Crippen LogP contribution in [0.5, 0.6) is 0 Å². The Morgan fingerprint density at radius 1 is 1.14 bits per heavy atom. The Labute approximate surface area is 119 Å². The molecule has 21 heavy (non-hydrogen) atoms. The number of carbonyl (C=O) groups is 1. The molecule has 0 atom stereocenters. The highest BCUT2D eigenvalue weighted by molar-refractivity contribution is 6.07. The zero-order valence-corrected chi connectivity index (χ0v) is 11.2. The van der Waals surface area contributed by atoms with Gasteiger partial charge in [-0.05, 0) is 31.2 Å². The first-order valence-corrected chi connectivity index (χ1v) is 6.32. The number of carboxylic acid groups (broad SMARTS) is 1. The van der Waals surface area contributed by atoms with Crippen LogP contribution in [0.1, 0.15) is 15.9 Å². The highest BCUT2D eigenvalue weighted by Gasteiger charge is 2.19. The first-order valence-electron chi connectivity index (χ1n) is 6.32. The highest BCUT2D eigenvalue weighted by Crippen LogP contribution is 2.28. The van der Waals surface area contributed by atoms with Crippen LogP contribution in [0.25, 0.3) is 22.2 Å². The second-order valence-corrected chi connectivity index (χ2v) is 4.76. The largest absolute Gasteiger partial charge is 0.478 e. The van der Waals surface area contributed by atoms with Crippen LogP contribution in [0.4, 0.5) is 4.39 Å². The Morgan fingerprint density at radius 3 is 2.67 bits per heavy atom. The molecule has 0 fully saturated rings. The molecule has 1 heterocycles. The summed E-state index contributed by atoms with van der Waals surface area (Å²) in [6.07, 6.45) is 0. The van der Waals surface area contributed by atoms with E-state index >= 15 is 0 Å². The Bertz CT molecular complexity index is 862. The zero-order valence-electron chi connectivity index (χ0n) is 11.2. The van der Waals surface area contributed by atoms with Crippen molar-refractivity contribution in [2.45, 2.75) is 6.92 Å². The van der Waals surface area contributed by atoms with Crippen LogP contribution in [0.15, 0.2) is 42.5 Å². The van der Waals surface area contributed by atoms with Gasteiger partial charge >= 0.3 is 5.97 Å². The van der Waals surface area contributed by atoms with Crippen molar-refractivity contribution in [3.8, 4) is 11.3 Å². The number of rotatable bonds is 2. The molecule has 0 bridgehead atoms. The van der Waals surface area contributed by atoms with E-state index in [9.17, 15) is 14.3 Å². The second-order valence-electron chi connectivity index (χ2n) is 4.76. The smallest absolute Gasteiger partial charge is 0.338 e. The predicted molar refractivity (Wildman–Crippen MR) is 76.6 cm³/mol. The number of hydrogen-bond donors (Lipinski definition) is 1. The fourth-order valence-electron chi connectivity index (χ4n) is 2.29. The zero-order chi connectivity index (χ0) is 15.0. The molecule has 0 unspecified atom stereocenters. The Morgan fingerprint density at radius 2 is 1.95 bits per heavy atom. The van der Waals surface area contributed by atoms with Crippen molar-refractivity contribution < 1.29 is 14.3 Å². The summed E-state index contributed by atoms with van der Waals surface area (Å²) in [6, 6.07) is 11.1. The molecular formula is C16H11FN2O2. The van der Waals surface area contributed by atoms with Gasteiger partial charge in [0.2, 0.25) is 0 Å². The van der Waals surface area contributed by atoms with Gasteiger partial charge in [0, 0.05) is 10.9 Å². The summed E-state index contributed by atoms with van der Waals surface area (Å²) in [5.41, 5.74) is 2.18. The molecule has 0 aliphatic rings. The standard InChI is InChI=1S/C16H11FN2O2/c1-9-3-2-4-10(7-9)15-14(16(20)21)12-8-11(17)5-6-13(12)18-19-15/h2-8H,1H3,(H,20,21). The third-order valence-corrected chi connectivity index (χ3v) is 3.23. The molecule has 1 aromatic heterocycles. The second kappa shape index (κ2) is 4.94. The van der Waals surface area contributed by atoms with E-state index in [1.807, 2.05) is 25.1 Å². The van der Waals surface area contributed by atoms with Crippen LogP contribution in [0, 0.1) is 12.7 Å². The molecule has 3 rings (SSSR count). The van der Waals surface area contributed by atoms with Crippen molar-refractivity contribution in [1.29, 1.82) is 0 Å². The van der Waals surface area contributed by atoms with Gasteiger partial charge in [0.05, 0.1) is 11.1 Å². The van der Waals surface area contributed by atoms with Gasteiger partial charge in [-0.15, -0.1) is 10.2 Å². The van der Waals surface area contributed by atoms with Crippen LogP contribution in [-0.2, 0) is 0 Å². The number of aromatic carboxylic acids is 1. The van der Waals surface area contributed by atoms with Crippen molar-refractivity contribution in [1.82, 2.24) is 10.2 Å². The molecule has 0 aliphatic carbocycles. The van der Waals surface area contributed by atoms with E-state index in [0.29, 0.717) is 11.1 Å². The van der Waals surface area contributed by atoms with E-state index in [2.05, 4.69) is 10.2 Å². The molecule has 3 aromatic rings. The summed E-state index contributed by atoms with van der Waals surface area (Å²) >= 11 is 0. The maximum Gasteiger partial charge on any atom is 0.338 e. The van der Waals surface area contributed by atoms with Gasteiger partial charge in [0.1, 0.15) is 11.5 Å². The Balaban J connectivity index is 2.38. The number of benzene rings is 2. The summed E-state index contributed by atoms with van der Waals surface area (Å²) in [7, 11) is 0. The lowest BCUT2D eigenvalue weighted by atomic mass is 10.0. The number of fused-ring (bicyclic) bond motifs is 1. The quantitative estimate of drug-likeness (QED) is 0.782. The van der Waals surface area contributed by atoms with Crippen LogP contribution in [0.2, 0.25) is 0 Å². The monoisotopic (exact) mass is 282 g/mol. The molecule has 1 N–H and O–H groups in total. The fraction of sp³-hybridized carbons (Fsp3) is 0.0625. The lowest BCUT2D eigenvalue weighted by Gasteiger charge is -2.08. The van der Waals surface area contributed by atoms with Crippen LogP contribution < -0.4 is 0 Å². The van der Waals surface area contributed by atoms with E-state index in [1.165, 1.54) is 18.2 Å². The number of aryl methyl sites for hydroxylation is 1. The molecule has 0 saturated carbocycles. The molecule has 0 saturated heterocycles. The van der Waals surface area contributed by atoms with Gasteiger partial charge in [-0.1, -0.05) is 23.8 Å². The van der Waals surface area contributed by atoms with Crippen LogP contribution in [-0.4, -0.2) is 21.3 Å². The Hall–Kier alpha value is -2.82. The average molecular weight is 282 g/mol. The molecule has 2 aromatic carbocycles. The van der Waals surface area contributed by atoms with Gasteiger partial charge in [-0.2, -0.15) is 0 Å². The number of halogens is 1. The summed E-state index contributed by atoms with van der Waals surface area (Å²) < 4.78 is 13.4. The molecule has 0 radical (unpaired) electrons. The SMILES string of the molecule is Cc1cccc(-c2nnc3ccc(F)cc3c2C(=O)O)c1. The lowest BCUT2D eigenvalue weighted by molar-refractivity contribution is 0.0699. The van der Waals surface area contributed by atoms with Gasteiger partial charge in [0.25, 0.3) is 0 Å². The minimum atomic E-state index is -1.16. The Kier molecular flexibility index (Phi) is 3.10. The molecule has 5 heteroatoms. The van der Waals surface area contributed by atoms with Crippen molar-refractivity contribution in [2.24, 2.45) is 0 Å². The van der Waals surface area contributed by atoms with Crippen LogP contribution in [0.3, 0.4) is 0 Å². The third kappa shape index (κ3) is 2.33. The van der Waals surface area contributed by atoms with Crippen molar-refractivity contribution >= 4 is 16.9 Å². The topological polar surface area (TPSA) is 63.1 Å². The van der Waals surface area contributed by atoms with Crippen molar-refractivity contribution in [3.63, 3.8) is 0 Å². The number of nitrogens with zero attached hydrogens (tertiary/aromatic N) is 2. The maximum atomic E-state index is 13.4. The lowest BCUT2D eigenvalue weighted by Crippen LogP contribution is -2.05. The molecule has 0 spiro atoms. The van der Waals surface area contributed by atoms with E-state index < -0.39 is 11.8 Å². The van der Waals surface area contributed by atoms with E-state index in [-0.39, 0.29) is 16.6 Å². The summed E-state index contributed by atoms with van der Waals surface area (Å²) in [5.74, 6) is -1.66. The fourth-order valence-corrected chi connectivity index (χ4v) is 2.29. The number of carboxylic acids is 1. The highest BCUT2D eigenvalue weighted by atomic mass is 19.1. The molecule has 104 valence electrons. The van der Waals surface area contributed by atoms with E-state index in [4.69, 9.17) is 0 Å². The molecule has 0 aliphatic heterocycles. The van der Waals surface area contributed by atoms with E-state index in [1.54, 1.807) is 6.07 Å². The van der Waals surface area contributed by atoms with E-state index in [0.717, 1.165) is 5.56 Å². The first-order chi connectivity index (χ1) is 10.1.